The first kappa shape index (κ1) is 19.1. The van der Waals surface area contributed by atoms with Crippen LogP contribution in [0.1, 0.15) is 44.9 Å². The Kier molecular flexibility index (Phi) is 6.60. The highest BCUT2D eigenvalue weighted by atomic mass is 15.0. The summed E-state index contributed by atoms with van der Waals surface area (Å²) in [6.45, 7) is 8.36. The van der Waals surface area contributed by atoms with E-state index >= 15 is 0 Å². The Hall–Kier alpha value is -2.66. The molecule has 0 spiro atoms. The molecule has 0 bridgehead atoms. The van der Waals surface area contributed by atoms with E-state index in [-0.39, 0.29) is 0 Å². The third-order valence-electron chi connectivity index (χ3n) is 4.90. The molecular formula is C25H30N2. The van der Waals surface area contributed by atoms with Gasteiger partial charge in [0.1, 0.15) is 0 Å². The predicted molar refractivity (Wildman–Crippen MR) is 117 cm³/mol. The summed E-state index contributed by atoms with van der Waals surface area (Å²) in [6.07, 6.45) is 3.71. The van der Waals surface area contributed by atoms with Gasteiger partial charge in [0.05, 0.1) is 12.2 Å². The van der Waals surface area contributed by atoms with Gasteiger partial charge in [-0.05, 0) is 67.5 Å². The molecule has 27 heavy (non-hydrogen) atoms. The number of aryl methyl sites for hydroxylation is 2. The largest absolute Gasteiger partial charge is 0.374 e. The fourth-order valence-electron chi connectivity index (χ4n) is 3.47. The molecule has 0 aliphatic carbocycles. The van der Waals surface area contributed by atoms with Gasteiger partial charge >= 0.3 is 0 Å². The lowest BCUT2D eigenvalue weighted by Gasteiger charge is -2.06. The number of anilines is 1. The molecule has 0 amide bonds. The van der Waals surface area contributed by atoms with E-state index in [1.54, 1.807) is 0 Å². The predicted octanol–water partition coefficient (Wildman–Crippen LogP) is 6.10. The quantitative estimate of drug-likeness (QED) is 0.505. The van der Waals surface area contributed by atoms with Crippen molar-refractivity contribution in [1.29, 1.82) is 0 Å². The van der Waals surface area contributed by atoms with Crippen LogP contribution in [0.3, 0.4) is 0 Å². The molecule has 0 unspecified atom stereocenters. The Labute approximate surface area is 163 Å². The van der Waals surface area contributed by atoms with Gasteiger partial charge in [0.15, 0.2) is 0 Å². The molecule has 0 atom stereocenters. The normalized spacial score (nSPS) is 10.8. The van der Waals surface area contributed by atoms with Crippen LogP contribution in [0.2, 0.25) is 0 Å². The van der Waals surface area contributed by atoms with Crippen LogP contribution in [0.15, 0.2) is 54.6 Å². The highest BCUT2D eigenvalue weighted by molar-refractivity contribution is 5.83. The molecule has 2 heteroatoms. The van der Waals surface area contributed by atoms with Crippen molar-refractivity contribution in [2.24, 2.45) is 5.92 Å². The third-order valence-corrected chi connectivity index (χ3v) is 4.90. The Bertz CT molecular complexity index is 923. The molecule has 2 aromatic carbocycles. The second-order valence-electron chi connectivity index (χ2n) is 7.47. The number of benzene rings is 2. The molecule has 1 aromatic heterocycles. The van der Waals surface area contributed by atoms with E-state index < -0.39 is 0 Å². The Morgan fingerprint density at radius 2 is 1.85 bits per heavy atom. The summed E-state index contributed by atoms with van der Waals surface area (Å²) >= 11 is 0. The van der Waals surface area contributed by atoms with Gasteiger partial charge in [-0.1, -0.05) is 50.5 Å². The number of fused-ring (bicyclic) bond motifs is 1. The molecule has 3 rings (SSSR count). The van der Waals surface area contributed by atoms with Crippen molar-refractivity contribution in [3.05, 3.63) is 65.9 Å². The molecule has 0 radical (unpaired) electrons. The summed E-state index contributed by atoms with van der Waals surface area (Å²) in [5, 5.41) is 4.65. The zero-order chi connectivity index (χ0) is 19.1. The minimum atomic E-state index is 0.649. The lowest BCUT2D eigenvalue weighted by atomic mass is 10.0. The van der Waals surface area contributed by atoms with Gasteiger partial charge in [-0.3, -0.25) is 0 Å². The molecular weight excluding hydrogens is 328 g/mol. The molecule has 0 fully saturated rings. The molecule has 1 heterocycles. The summed E-state index contributed by atoms with van der Waals surface area (Å²) in [6, 6.07) is 19.3. The maximum absolute atomic E-state index is 3.35. The van der Waals surface area contributed by atoms with Crippen molar-refractivity contribution in [2.75, 3.05) is 11.9 Å². The van der Waals surface area contributed by atoms with E-state index in [4.69, 9.17) is 0 Å². The number of hydrogen-bond donors (Lipinski definition) is 1. The van der Waals surface area contributed by atoms with Crippen LogP contribution < -0.4 is 5.32 Å². The van der Waals surface area contributed by atoms with Crippen LogP contribution >= 0.6 is 0 Å². The average molecular weight is 359 g/mol. The minimum absolute atomic E-state index is 0.649. The zero-order valence-corrected chi connectivity index (χ0v) is 16.8. The second kappa shape index (κ2) is 9.33. The highest BCUT2D eigenvalue weighted by Gasteiger charge is 2.07. The van der Waals surface area contributed by atoms with Gasteiger partial charge < -0.3 is 9.88 Å². The average Bonchev–Trinajstić information content (AvgIpc) is 3.02. The van der Waals surface area contributed by atoms with E-state index in [0.717, 1.165) is 30.3 Å². The van der Waals surface area contributed by atoms with E-state index in [1.807, 2.05) is 18.2 Å². The summed E-state index contributed by atoms with van der Waals surface area (Å²) < 4.78 is 2.31. The third kappa shape index (κ3) is 5.17. The van der Waals surface area contributed by atoms with Crippen LogP contribution in [0.25, 0.3) is 10.9 Å². The number of nitrogens with one attached hydrogen (secondary N) is 1. The molecule has 1 N–H and O–H groups in total. The minimum Gasteiger partial charge on any atom is -0.374 e. The van der Waals surface area contributed by atoms with E-state index in [2.05, 4.69) is 78.9 Å². The first-order chi connectivity index (χ1) is 13.2. The molecule has 0 saturated heterocycles. The SMILES string of the molecule is CCn1c(C#CCNc2ccccc2)cc2cc(CCCC(C)C)ccc21. The smallest absolute Gasteiger partial charge is 0.0931 e. The molecule has 2 nitrogen and oxygen atoms in total. The van der Waals surface area contributed by atoms with Crippen LogP contribution in [0, 0.1) is 17.8 Å². The standard InChI is InChI=1S/C25H30N2/c1-4-27-24(14-9-17-26-23-12-6-5-7-13-23)19-22-18-21(15-16-25(22)27)11-8-10-20(2)3/h5-7,12-13,15-16,18-20,26H,4,8,10-11,17H2,1-3H3. The molecule has 140 valence electrons. The van der Waals surface area contributed by atoms with Crippen LogP contribution in [-0.2, 0) is 13.0 Å². The van der Waals surface area contributed by atoms with Gasteiger partial charge in [0, 0.05) is 23.1 Å². The van der Waals surface area contributed by atoms with Gasteiger partial charge in [-0.2, -0.15) is 0 Å². The van der Waals surface area contributed by atoms with Crippen LogP contribution in [-0.4, -0.2) is 11.1 Å². The van der Waals surface area contributed by atoms with E-state index in [9.17, 15) is 0 Å². The van der Waals surface area contributed by atoms with Gasteiger partial charge in [0.25, 0.3) is 0 Å². The summed E-state index contributed by atoms with van der Waals surface area (Å²) in [4.78, 5) is 0. The number of rotatable bonds is 7. The van der Waals surface area contributed by atoms with Crippen LogP contribution in [0.5, 0.6) is 0 Å². The summed E-state index contributed by atoms with van der Waals surface area (Å²) in [5.41, 5.74) is 4.92. The lowest BCUT2D eigenvalue weighted by molar-refractivity contribution is 0.556. The molecule has 0 saturated carbocycles. The van der Waals surface area contributed by atoms with E-state index in [0.29, 0.717) is 6.54 Å². The second-order valence-corrected chi connectivity index (χ2v) is 7.47. The van der Waals surface area contributed by atoms with Crippen molar-refractivity contribution in [3.8, 4) is 11.8 Å². The van der Waals surface area contributed by atoms with Gasteiger partial charge in [-0.25, -0.2) is 0 Å². The topological polar surface area (TPSA) is 17.0 Å². The first-order valence-corrected chi connectivity index (χ1v) is 10.1. The van der Waals surface area contributed by atoms with Crippen molar-refractivity contribution < 1.29 is 0 Å². The number of para-hydroxylation sites is 1. The lowest BCUT2D eigenvalue weighted by Crippen LogP contribution is -2.00. The maximum atomic E-state index is 3.35. The first-order valence-electron chi connectivity index (χ1n) is 10.1. The van der Waals surface area contributed by atoms with Crippen molar-refractivity contribution >= 4 is 16.6 Å². The number of aromatic nitrogens is 1. The summed E-state index contributed by atoms with van der Waals surface area (Å²) in [7, 11) is 0. The molecule has 0 aliphatic heterocycles. The van der Waals surface area contributed by atoms with Gasteiger partial charge in [0.2, 0.25) is 0 Å². The summed E-state index contributed by atoms with van der Waals surface area (Å²) in [5.74, 6) is 7.40. The molecule has 0 aliphatic rings. The highest BCUT2D eigenvalue weighted by Crippen LogP contribution is 2.22. The van der Waals surface area contributed by atoms with Crippen molar-refractivity contribution in [1.82, 2.24) is 4.57 Å². The maximum Gasteiger partial charge on any atom is 0.0931 e. The number of nitrogens with zero attached hydrogens (tertiary/aromatic N) is 1. The molecule has 3 aromatic rings. The van der Waals surface area contributed by atoms with Crippen LogP contribution in [0.4, 0.5) is 5.69 Å². The zero-order valence-electron chi connectivity index (χ0n) is 16.8. The Morgan fingerprint density at radius 3 is 2.59 bits per heavy atom. The van der Waals surface area contributed by atoms with Crippen molar-refractivity contribution in [3.63, 3.8) is 0 Å². The fraction of sp³-hybridized carbons (Fsp3) is 0.360. The van der Waals surface area contributed by atoms with Crippen molar-refractivity contribution in [2.45, 2.75) is 46.6 Å². The van der Waals surface area contributed by atoms with Gasteiger partial charge in [-0.15, -0.1) is 0 Å². The Balaban J connectivity index is 1.72. The number of hydrogen-bond acceptors (Lipinski definition) is 1. The monoisotopic (exact) mass is 358 g/mol. The Morgan fingerprint density at radius 1 is 1.04 bits per heavy atom. The fourth-order valence-corrected chi connectivity index (χ4v) is 3.47. The van der Waals surface area contributed by atoms with E-state index in [1.165, 1.54) is 29.3 Å².